The van der Waals surface area contributed by atoms with Gasteiger partial charge in [-0.1, -0.05) is 0 Å². The second-order valence-electron chi connectivity index (χ2n) is 3.37. The van der Waals surface area contributed by atoms with E-state index in [0.717, 1.165) is 0 Å². The Balaban J connectivity index is 4.91. The van der Waals surface area contributed by atoms with Crippen LogP contribution in [0.15, 0.2) is 0 Å². The van der Waals surface area contributed by atoms with Crippen molar-refractivity contribution in [3.05, 3.63) is 0 Å². The Bertz CT molecular complexity index is 298. The van der Waals surface area contributed by atoms with Gasteiger partial charge in [-0.25, -0.2) is 10.0 Å². The predicted molar refractivity (Wildman–Crippen MR) is 54.8 cm³/mol. The van der Waals surface area contributed by atoms with Crippen molar-refractivity contribution in [2.24, 2.45) is 0 Å². The fraction of sp³-hybridized carbons (Fsp3) is 0.700. The molecule has 5 nitrogen and oxygen atoms in total. The van der Waals surface area contributed by atoms with E-state index in [1.807, 2.05) is 0 Å². The second kappa shape index (κ2) is 5.98. The van der Waals surface area contributed by atoms with Crippen molar-refractivity contribution >= 4 is 0 Å². The number of nitrogens with zero attached hydrogens (tertiary/aromatic N) is 5. The summed E-state index contributed by atoms with van der Waals surface area (Å²) in [5, 5.41) is 29.7. The van der Waals surface area contributed by atoms with Gasteiger partial charge in [-0.05, 0) is 20.8 Å². The van der Waals surface area contributed by atoms with Crippen LogP contribution in [0.3, 0.4) is 0 Å². The largest absolute Gasteiger partial charge is 0.225 e. The van der Waals surface area contributed by atoms with Crippen LogP contribution in [0.25, 0.3) is 0 Å². The smallest absolute Gasteiger partial charge is 0.110 e. The molecule has 0 saturated heterocycles. The summed E-state index contributed by atoms with van der Waals surface area (Å²) in [5.74, 6) is 0. The first-order chi connectivity index (χ1) is 6.99. The highest BCUT2D eigenvalue weighted by molar-refractivity contribution is 4.98. The summed E-state index contributed by atoms with van der Waals surface area (Å²) in [4.78, 5) is 0. The molecule has 0 spiro atoms. The van der Waals surface area contributed by atoms with Crippen LogP contribution >= 0.6 is 0 Å². The molecule has 3 unspecified atom stereocenters. The van der Waals surface area contributed by atoms with Gasteiger partial charge in [-0.2, -0.15) is 15.8 Å². The molecule has 0 saturated carbocycles. The number of hydrogen-bond acceptors (Lipinski definition) is 5. The van der Waals surface area contributed by atoms with Crippen LogP contribution in [0, 0.1) is 34.0 Å². The number of nitriles is 3. The van der Waals surface area contributed by atoms with Crippen molar-refractivity contribution in [3.8, 4) is 18.2 Å². The SMILES string of the molecule is CC(C#N)N(C)N(C(C)C#N)C(C)C#N. The van der Waals surface area contributed by atoms with Crippen molar-refractivity contribution < 1.29 is 0 Å². The zero-order valence-corrected chi connectivity index (χ0v) is 9.47. The van der Waals surface area contributed by atoms with Gasteiger partial charge in [0.1, 0.15) is 18.1 Å². The predicted octanol–water partition coefficient (Wildman–Crippen LogP) is 0.871. The third-order valence-electron chi connectivity index (χ3n) is 2.28. The van der Waals surface area contributed by atoms with E-state index in [0.29, 0.717) is 0 Å². The fourth-order valence-corrected chi connectivity index (χ4v) is 1.28. The van der Waals surface area contributed by atoms with Crippen molar-refractivity contribution in [1.82, 2.24) is 10.0 Å². The molecular weight excluding hydrogens is 190 g/mol. The molecule has 0 heterocycles. The minimum atomic E-state index is -0.430. The molecule has 0 N–H and O–H groups in total. The van der Waals surface area contributed by atoms with Gasteiger partial charge in [0.05, 0.1) is 18.2 Å². The maximum atomic E-state index is 8.84. The first kappa shape index (κ1) is 13.4. The second-order valence-corrected chi connectivity index (χ2v) is 3.37. The molecule has 0 rings (SSSR count). The van der Waals surface area contributed by atoms with Crippen LogP contribution in [0.1, 0.15) is 20.8 Å². The zero-order valence-electron chi connectivity index (χ0n) is 9.47. The monoisotopic (exact) mass is 205 g/mol. The Morgan fingerprint density at radius 2 is 1.13 bits per heavy atom. The standard InChI is InChI=1S/C10H15N5/c1-8(5-11)14(4)15(9(2)6-12)10(3)7-13/h8-10H,1-4H3. The third kappa shape index (κ3) is 3.22. The number of hydrazine groups is 1. The molecule has 0 aromatic heterocycles. The molecule has 0 aliphatic rings. The minimum absolute atomic E-state index is 0.364. The average molecular weight is 205 g/mol. The Morgan fingerprint density at radius 3 is 1.40 bits per heavy atom. The van der Waals surface area contributed by atoms with Crippen molar-refractivity contribution in [2.45, 2.75) is 38.9 Å². The summed E-state index contributed by atoms with van der Waals surface area (Å²) in [7, 11) is 1.70. The summed E-state index contributed by atoms with van der Waals surface area (Å²) in [6, 6.07) is 4.97. The van der Waals surface area contributed by atoms with E-state index in [9.17, 15) is 0 Å². The topological polar surface area (TPSA) is 77.8 Å². The van der Waals surface area contributed by atoms with E-state index in [2.05, 4.69) is 18.2 Å². The molecule has 5 heteroatoms. The van der Waals surface area contributed by atoms with Crippen LogP contribution in [0.4, 0.5) is 0 Å². The van der Waals surface area contributed by atoms with E-state index < -0.39 is 12.1 Å². The molecular formula is C10H15N5. The Hall–Kier alpha value is -1.61. The van der Waals surface area contributed by atoms with Gasteiger partial charge in [-0.15, -0.1) is 0 Å². The molecule has 0 aliphatic carbocycles. The van der Waals surface area contributed by atoms with Crippen molar-refractivity contribution in [3.63, 3.8) is 0 Å². The maximum absolute atomic E-state index is 8.84. The van der Waals surface area contributed by atoms with Crippen LogP contribution in [0.2, 0.25) is 0 Å². The zero-order chi connectivity index (χ0) is 12.0. The van der Waals surface area contributed by atoms with E-state index >= 15 is 0 Å². The Labute approximate surface area is 90.7 Å². The van der Waals surface area contributed by atoms with E-state index in [-0.39, 0.29) is 6.04 Å². The van der Waals surface area contributed by atoms with Crippen molar-refractivity contribution in [2.75, 3.05) is 7.05 Å². The summed E-state index contributed by atoms with van der Waals surface area (Å²) >= 11 is 0. The van der Waals surface area contributed by atoms with Crippen LogP contribution < -0.4 is 0 Å². The lowest BCUT2D eigenvalue weighted by Gasteiger charge is -2.36. The average Bonchev–Trinajstić information content (AvgIpc) is 2.27. The summed E-state index contributed by atoms with van der Waals surface area (Å²) in [6.07, 6.45) is 0. The first-order valence-corrected chi connectivity index (χ1v) is 4.69. The molecule has 0 aromatic carbocycles. The van der Waals surface area contributed by atoms with Crippen molar-refractivity contribution in [1.29, 1.82) is 15.8 Å². The Kier molecular flexibility index (Phi) is 5.34. The van der Waals surface area contributed by atoms with Gasteiger partial charge in [0.15, 0.2) is 0 Å². The summed E-state index contributed by atoms with van der Waals surface area (Å²) < 4.78 is 0. The van der Waals surface area contributed by atoms with Gasteiger partial charge < -0.3 is 0 Å². The van der Waals surface area contributed by atoms with Crippen LogP contribution in [-0.4, -0.2) is 35.2 Å². The van der Waals surface area contributed by atoms with Gasteiger partial charge in [0.2, 0.25) is 0 Å². The Morgan fingerprint density at radius 1 is 0.800 bits per heavy atom. The van der Waals surface area contributed by atoms with Crippen LogP contribution in [0.5, 0.6) is 0 Å². The van der Waals surface area contributed by atoms with Gasteiger partial charge in [-0.3, -0.25) is 0 Å². The van der Waals surface area contributed by atoms with Gasteiger partial charge in [0.25, 0.3) is 0 Å². The molecule has 0 aliphatic heterocycles. The molecule has 15 heavy (non-hydrogen) atoms. The highest BCUT2D eigenvalue weighted by Gasteiger charge is 2.26. The molecule has 0 radical (unpaired) electrons. The molecule has 80 valence electrons. The van der Waals surface area contributed by atoms with Crippen LogP contribution in [-0.2, 0) is 0 Å². The van der Waals surface area contributed by atoms with E-state index in [1.54, 1.807) is 37.8 Å². The minimum Gasteiger partial charge on any atom is -0.225 e. The number of rotatable bonds is 4. The molecule has 0 bridgehead atoms. The molecule has 0 amide bonds. The highest BCUT2D eigenvalue weighted by Crippen LogP contribution is 2.10. The lowest BCUT2D eigenvalue weighted by Crippen LogP contribution is -2.52. The molecule has 3 atom stereocenters. The highest BCUT2D eigenvalue weighted by atomic mass is 15.6. The third-order valence-corrected chi connectivity index (χ3v) is 2.28. The number of hydrogen-bond donors (Lipinski definition) is 0. The lowest BCUT2D eigenvalue weighted by molar-refractivity contribution is -0.0472. The normalized spacial score (nSPS) is 16.2. The maximum Gasteiger partial charge on any atom is 0.110 e. The lowest BCUT2D eigenvalue weighted by atomic mass is 10.2. The van der Waals surface area contributed by atoms with Gasteiger partial charge >= 0.3 is 0 Å². The quantitative estimate of drug-likeness (QED) is 0.636. The summed E-state index contributed by atoms with van der Waals surface area (Å²) in [6.45, 7) is 5.13. The van der Waals surface area contributed by atoms with E-state index in [4.69, 9.17) is 15.8 Å². The fourth-order valence-electron chi connectivity index (χ4n) is 1.28. The van der Waals surface area contributed by atoms with E-state index in [1.165, 1.54) is 0 Å². The summed E-state index contributed by atoms with van der Waals surface area (Å²) in [5.41, 5.74) is 0. The first-order valence-electron chi connectivity index (χ1n) is 4.69. The molecule has 0 aromatic rings. The van der Waals surface area contributed by atoms with Gasteiger partial charge in [0, 0.05) is 7.05 Å². The molecule has 0 fully saturated rings.